The van der Waals surface area contributed by atoms with Gasteiger partial charge < -0.3 is 14.5 Å². The molecule has 146 valence electrons. The first kappa shape index (κ1) is 18.9. The van der Waals surface area contributed by atoms with Crippen LogP contribution in [0.1, 0.15) is 0 Å². The summed E-state index contributed by atoms with van der Waals surface area (Å²) in [5.74, 6) is 0.684. The molecule has 3 aromatic rings. The predicted molar refractivity (Wildman–Crippen MR) is 112 cm³/mol. The molecule has 1 aromatic carbocycles. The number of carbonyl (C=O) groups excluding carboxylic acids is 1. The molecule has 0 saturated carbocycles. The number of fused-ring (bicyclic) bond motifs is 1. The van der Waals surface area contributed by atoms with Gasteiger partial charge in [0.2, 0.25) is 5.91 Å². The summed E-state index contributed by atoms with van der Waals surface area (Å²) in [5, 5.41) is 5.74. The topological polar surface area (TPSA) is 63.5 Å². The van der Waals surface area contributed by atoms with E-state index < -0.39 is 0 Å². The van der Waals surface area contributed by atoms with Crippen molar-refractivity contribution in [2.45, 2.75) is 11.4 Å². The number of hydrogen-bond acceptors (Lipinski definition) is 6. The Morgan fingerprint density at radius 1 is 1.25 bits per heavy atom. The van der Waals surface area contributed by atoms with E-state index in [0.717, 1.165) is 29.1 Å². The number of thiol groups is 1. The lowest BCUT2D eigenvalue weighted by atomic mass is 10.2. The first-order valence-corrected chi connectivity index (χ1v) is 9.75. The van der Waals surface area contributed by atoms with Crippen LogP contribution in [0.3, 0.4) is 0 Å². The van der Waals surface area contributed by atoms with Gasteiger partial charge >= 0.3 is 0 Å². The monoisotopic (exact) mass is 417 g/mol. The van der Waals surface area contributed by atoms with E-state index in [-0.39, 0.29) is 12.5 Å². The van der Waals surface area contributed by atoms with Crippen molar-refractivity contribution in [2.24, 2.45) is 0 Å². The Morgan fingerprint density at radius 3 is 2.79 bits per heavy atom. The Labute approximate surface area is 173 Å². The molecular weight excluding hydrogens is 398 g/mol. The molecule has 0 N–H and O–H groups in total. The fourth-order valence-electron chi connectivity index (χ4n) is 3.37. The number of amides is 1. The van der Waals surface area contributed by atoms with Crippen molar-refractivity contribution in [3.63, 3.8) is 0 Å². The van der Waals surface area contributed by atoms with Gasteiger partial charge in [0.1, 0.15) is 12.3 Å². The molecule has 0 bridgehead atoms. The first-order chi connectivity index (χ1) is 13.6. The molecule has 0 atom stereocenters. The fraction of sp³-hybridized carbons (Fsp3) is 0.316. The summed E-state index contributed by atoms with van der Waals surface area (Å²) >= 11 is 10.5. The van der Waals surface area contributed by atoms with E-state index in [2.05, 4.69) is 27.6 Å². The molecule has 7 nitrogen and oxygen atoms in total. The largest absolute Gasteiger partial charge is 0.495 e. The van der Waals surface area contributed by atoms with Gasteiger partial charge in [-0.1, -0.05) is 11.6 Å². The van der Waals surface area contributed by atoms with Crippen LogP contribution in [0.2, 0.25) is 5.02 Å². The molecule has 0 aliphatic carbocycles. The molecule has 0 radical (unpaired) electrons. The third-order valence-corrected chi connectivity index (χ3v) is 5.64. The molecule has 0 spiro atoms. The zero-order valence-corrected chi connectivity index (χ0v) is 17.0. The number of anilines is 1. The summed E-state index contributed by atoms with van der Waals surface area (Å²) in [6, 6.07) is 7.54. The second-order valence-corrected chi connectivity index (χ2v) is 7.45. The van der Waals surface area contributed by atoms with Gasteiger partial charge in [-0.25, -0.2) is 9.67 Å². The van der Waals surface area contributed by atoms with Crippen LogP contribution in [-0.4, -0.2) is 58.9 Å². The smallest absolute Gasteiger partial charge is 0.244 e. The number of methoxy groups -OCH3 is 1. The highest BCUT2D eigenvalue weighted by atomic mass is 35.5. The average Bonchev–Trinajstić information content (AvgIpc) is 3.13. The minimum Gasteiger partial charge on any atom is -0.495 e. The fourth-order valence-corrected chi connectivity index (χ4v) is 3.79. The standard InChI is InChI=1S/C19H20ClN5O2S/c1-27-16-10-13(2-3-15(16)20)23-6-8-24(9-7-23)18(26)12-25-19-14(11-22-25)17(28)4-5-21-19/h2-5,10-11H,6-9,12H2,1H3,(H,21,28). The lowest BCUT2D eigenvalue weighted by Crippen LogP contribution is -2.49. The number of nitrogens with zero attached hydrogens (tertiary/aromatic N) is 5. The number of halogens is 1. The van der Waals surface area contributed by atoms with Crippen molar-refractivity contribution in [3.8, 4) is 5.75 Å². The molecule has 0 unspecified atom stereocenters. The third kappa shape index (κ3) is 3.62. The molecule has 9 heteroatoms. The maximum Gasteiger partial charge on any atom is 0.244 e. The Bertz CT molecular complexity index is 1020. The number of pyridine rings is 1. The van der Waals surface area contributed by atoms with Crippen LogP contribution in [0.15, 0.2) is 41.6 Å². The van der Waals surface area contributed by atoms with E-state index in [1.54, 1.807) is 24.2 Å². The molecule has 1 fully saturated rings. The lowest BCUT2D eigenvalue weighted by Gasteiger charge is -2.36. The van der Waals surface area contributed by atoms with Crippen LogP contribution in [-0.2, 0) is 11.3 Å². The zero-order chi connectivity index (χ0) is 19.7. The van der Waals surface area contributed by atoms with Gasteiger partial charge in [0.25, 0.3) is 0 Å². The molecule has 2 aromatic heterocycles. The van der Waals surface area contributed by atoms with Crippen LogP contribution in [0, 0.1) is 0 Å². The van der Waals surface area contributed by atoms with Gasteiger partial charge in [0.05, 0.1) is 23.7 Å². The molecular formula is C19H20ClN5O2S. The van der Waals surface area contributed by atoms with Crippen LogP contribution in [0.5, 0.6) is 5.75 Å². The minimum absolute atomic E-state index is 0.0321. The van der Waals surface area contributed by atoms with Crippen molar-refractivity contribution in [1.29, 1.82) is 0 Å². The number of hydrogen-bond donors (Lipinski definition) is 1. The Kier molecular flexibility index (Phi) is 5.32. The maximum atomic E-state index is 12.7. The maximum absolute atomic E-state index is 12.7. The second kappa shape index (κ2) is 7.89. The molecule has 4 rings (SSSR count). The number of ether oxygens (including phenoxy) is 1. The summed E-state index contributed by atoms with van der Waals surface area (Å²) in [5.41, 5.74) is 1.71. The summed E-state index contributed by atoms with van der Waals surface area (Å²) in [6.07, 6.45) is 3.37. The lowest BCUT2D eigenvalue weighted by molar-refractivity contribution is -0.132. The van der Waals surface area contributed by atoms with E-state index in [4.69, 9.17) is 16.3 Å². The SMILES string of the molecule is COc1cc(N2CCN(C(=O)Cn3ncc4c(S)ccnc43)CC2)ccc1Cl. The van der Waals surface area contributed by atoms with Crippen LogP contribution < -0.4 is 9.64 Å². The summed E-state index contributed by atoms with van der Waals surface area (Å²) in [6.45, 7) is 2.95. The number of piperazine rings is 1. The van der Waals surface area contributed by atoms with Gasteiger partial charge in [-0.15, -0.1) is 12.6 Å². The van der Waals surface area contributed by atoms with Crippen molar-refractivity contribution < 1.29 is 9.53 Å². The number of carbonyl (C=O) groups is 1. The molecule has 28 heavy (non-hydrogen) atoms. The predicted octanol–water partition coefficient (Wildman–Crippen LogP) is 2.73. The second-order valence-electron chi connectivity index (χ2n) is 6.56. The highest BCUT2D eigenvalue weighted by Gasteiger charge is 2.23. The van der Waals surface area contributed by atoms with Gasteiger partial charge in [-0.2, -0.15) is 5.10 Å². The van der Waals surface area contributed by atoms with E-state index >= 15 is 0 Å². The Hall–Kier alpha value is -2.45. The number of rotatable bonds is 4. The van der Waals surface area contributed by atoms with Crippen LogP contribution >= 0.6 is 24.2 Å². The zero-order valence-electron chi connectivity index (χ0n) is 15.4. The quantitative estimate of drug-likeness (QED) is 0.661. The van der Waals surface area contributed by atoms with Gasteiger partial charge in [0, 0.05) is 49.0 Å². The molecule has 1 aliphatic rings. The van der Waals surface area contributed by atoms with E-state index in [1.165, 1.54) is 0 Å². The Morgan fingerprint density at radius 2 is 2.04 bits per heavy atom. The summed E-state index contributed by atoms with van der Waals surface area (Å²) < 4.78 is 6.93. The van der Waals surface area contributed by atoms with E-state index in [9.17, 15) is 4.79 Å². The third-order valence-electron chi connectivity index (χ3n) is 4.93. The van der Waals surface area contributed by atoms with Crippen molar-refractivity contribution in [1.82, 2.24) is 19.7 Å². The normalized spacial score (nSPS) is 14.5. The van der Waals surface area contributed by atoms with Crippen LogP contribution in [0.4, 0.5) is 5.69 Å². The number of benzene rings is 1. The van der Waals surface area contributed by atoms with Crippen LogP contribution in [0.25, 0.3) is 11.0 Å². The highest BCUT2D eigenvalue weighted by molar-refractivity contribution is 7.80. The highest BCUT2D eigenvalue weighted by Crippen LogP contribution is 2.29. The first-order valence-electron chi connectivity index (χ1n) is 8.92. The van der Waals surface area contributed by atoms with Gasteiger partial charge in [-0.3, -0.25) is 4.79 Å². The summed E-state index contributed by atoms with van der Waals surface area (Å²) in [7, 11) is 1.60. The molecule has 3 heterocycles. The summed E-state index contributed by atoms with van der Waals surface area (Å²) in [4.78, 5) is 22.0. The molecule has 1 amide bonds. The average molecular weight is 418 g/mol. The minimum atomic E-state index is 0.0321. The van der Waals surface area contributed by atoms with Crippen molar-refractivity contribution in [3.05, 3.63) is 41.7 Å². The molecule has 1 saturated heterocycles. The van der Waals surface area contributed by atoms with E-state index in [1.807, 2.05) is 29.2 Å². The van der Waals surface area contributed by atoms with Crippen molar-refractivity contribution in [2.75, 3.05) is 38.2 Å². The van der Waals surface area contributed by atoms with Gasteiger partial charge in [0.15, 0.2) is 5.65 Å². The van der Waals surface area contributed by atoms with Gasteiger partial charge in [-0.05, 0) is 18.2 Å². The number of aromatic nitrogens is 3. The van der Waals surface area contributed by atoms with E-state index in [0.29, 0.717) is 29.5 Å². The molecule has 1 aliphatic heterocycles. The Balaban J connectivity index is 1.40. The van der Waals surface area contributed by atoms with Crippen molar-refractivity contribution >= 4 is 46.9 Å².